The fraction of sp³-hybridized carbons (Fsp3) is 0.261. The van der Waals surface area contributed by atoms with Gasteiger partial charge in [-0.05, 0) is 42.1 Å². The fourth-order valence-electron chi connectivity index (χ4n) is 3.20. The second-order valence-electron chi connectivity index (χ2n) is 7.37. The molecule has 3 rings (SSSR count). The summed E-state index contributed by atoms with van der Waals surface area (Å²) < 4.78 is 26.2. The Hall–Kier alpha value is -2.48. The van der Waals surface area contributed by atoms with Crippen LogP contribution >= 0.6 is 11.3 Å². The van der Waals surface area contributed by atoms with Crippen LogP contribution in [0.1, 0.15) is 27.7 Å². The summed E-state index contributed by atoms with van der Waals surface area (Å²) in [7, 11) is -0.653. The molecule has 1 aromatic heterocycles. The van der Waals surface area contributed by atoms with E-state index in [4.69, 9.17) is 0 Å². The van der Waals surface area contributed by atoms with Crippen LogP contribution in [0.25, 0.3) is 0 Å². The van der Waals surface area contributed by atoms with Crippen LogP contribution in [0.15, 0.2) is 77.0 Å². The third-order valence-corrected chi connectivity index (χ3v) is 7.63. The number of nitrogens with zero attached hydrogens (tertiary/aromatic N) is 2. The number of carbonyl (C=O) groups is 1. The van der Waals surface area contributed by atoms with Crippen molar-refractivity contribution in [3.05, 3.63) is 88.1 Å². The summed E-state index contributed by atoms with van der Waals surface area (Å²) in [5.74, 6) is -0.182. The van der Waals surface area contributed by atoms with Crippen LogP contribution in [-0.2, 0) is 23.0 Å². The van der Waals surface area contributed by atoms with Gasteiger partial charge in [0, 0.05) is 43.5 Å². The first-order valence-electron chi connectivity index (χ1n) is 9.69. The van der Waals surface area contributed by atoms with Gasteiger partial charge in [-0.1, -0.05) is 42.5 Å². The number of sulfonamides is 1. The Balaban J connectivity index is 1.93. The molecule has 0 saturated carbocycles. The van der Waals surface area contributed by atoms with Crippen molar-refractivity contribution in [1.82, 2.24) is 9.21 Å². The van der Waals surface area contributed by atoms with Crippen LogP contribution in [0.2, 0.25) is 0 Å². The van der Waals surface area contributed by atoms with Crippen LogP contribution < -0.4 is 0 Å². The van der Waals surface area contributed by atoms with Gasteiger partial charge in [0.25, 0.3) is 5.91 Å². The van der Waals surface area contributed by atoms with Crippen LogP contribution in [-0.4, -0.2) is 43.7 Å². The lowest BCUT2D eigenvalue weighted by Gasteiger charge is -2.29. The summed E-state index contributed by atoms with van der Waals surface area (Å²) >= 11 is 1.67. The van der Waals surface area contributed by atoms with E-state index < -0.39 is 10.0 Å². The average molecular weight is 443 g/mol. The maximum Gasteiger partial charge on any atom is 0.254 e. The highest BCUT2D eigenvalue weighted by molar-refractivity contribution is 7.89. The highest BCUT2D eigenvalue weighted by atomic mass is 32.2. The Bertz CT molecular complexity index is 1080. The molecule has 1 heterocycles. The molecular weight excluding hydrogens is 416 g/mol. The summed E-state index contributed by atoms with van der Waals surface area (Å²) in [5.41, 5.74) is 1.40. The number of hydrogen-bond acceptors (Lipinski definition) is 4. The summed E-state index contributed by atoms with van der Waals surface area (Å²) in [5, 5.41) is 2.03. The van der Waals surface area contributed by atoms with E-state index in [1.165, 1.54) is 31.1 Å². The van der Waals surface area contributed by atoms with Gasteiger partial charge in [-0.3, -0.25) is 4.79 Å². The molecule has 0 aliphatic heterocycles. The summed E-state index contributed by atoms with van der Waals surface area (Å²) in [6.45, 7) is 2.48. The van der Waals surface area contributed by atoms with Gasteiger partial charge in [-0.2, -0.15) is 0 Å². The van der Waals surface area contributed by atoms with Crippen molar-refractivity contribution in [2.24, 2.45) is 0 Å². The average Bonchev–Trinajstić information content (AvgIpc) is 3.25. The monoisotopic (exact) mass is 442 g/mol. The zero-order valence-electron chi connectivity index (χ0n) is 17.4. The molecule has 0 aliphatic carbocycles. The molecule has 0 spiro atoms. The van der Waals surface area contributed by atoms with E-state index in [0.29, 0.717) is 12.1 Å². The van der Waals surface area contributed by atoms with Gasteiger partial charge in [0.2, 0.25) is 10.0 Å². The third kappa shape index (κ3) is 5.16. The van der Waals surface area contributed by atoms with E-state index in [2.05, 4.69) is 6.07 Å². The highest BCUT2D eigenvalue weighted by Crippen LogP contribution is 2.21. The van der Waals surface area contributed by atoms with Crippen LogP contribution in [0.5, 0.6) is 0 Å². The van der Waals surface area contributed by atoms with Gasteiger partial charge < -0.3 is 4.90 Å². The Kier molecular flexibility index (Phi) is 7.07. The summed E-state index contributed by atoms with van der Waals surface area (Å²) in [6, 6.07) is 20.1. The van der Waals surface area contributed by atoms with Crippen molar-refractivity contribution in [3.63, 3.8) is 0 Å². The lowest BCUT2D eigenvalue weighted by atomic mass is 10.1. The molecule has 5 nitrogen and oxygen atoms in total. The van der Waals surface area contributed by atoms with E-state index in [0.717, 1.165) is 16.3 Å². The molecule has 30 heavy (non-hydrogen) atoms. The number of benzene rings is 2. The SMILES string of the molecule is CC(Cc1cccs1)N(Cc1ccccc1)C(=O)c1cccc(S(=O)(=O)N(C)C)c1. The standard InChI is InChI=1S/C23H26N2O3S2/c1-18(15-21-12-8-14-29-21)25(17-19-9-5-4-6-10-19)23(26)20-11-7-13-22(16-20)30(27,28)24(2)3/h4-14,16,18H,15,17H2,1-3H3. The molecule has 0 aliphatic rings. The number of carbonyl (C=O) groups excluding carboxylic acids is 1. The minimum atomic E-state index is -3.61. The molecule has 2 aromatic carbocycles. The predicted molar refractivity (Wildman–Crippen MR) is 121 cm³/mol. The normalized spacial score (nSPS) is 12.7. The molecule has 0 bridgehead atoms. The quantitative estimate of drug-likeness (QED) is 0.523. The molecule has 7 heteroatoms. The second-order valence-corrected chi connectivity index (χ2v) is 10.6. The number of hydrogen-bond donors (Lipinski definition) is 0. The Morgan fingerprint density at radius 1 is 1.00 bits per heavy atom. The number of amides is 1. The maximum atomic E-state index is 13.5. The molecular formula is C23H26N2O3S2. The zero-order valence-corrected chi connectivity index (χ0v) is 19.0. The third-order valence-electron chi connectivity index (χ3n) is 4.92. The zero-order chi connectivity index (χ0) is 21.7. The highest BCUT2D eigenvalue weighted by Gasteiger charge is 2.25. The second kappa shape index (κ2) is 9.55. The maximum absolute atomic E-state index is 13.5. The molecule has 0 saturated heterocycles. The number of rotatable bonds is 8. The van der Waals surface area contributed by atoms with Crippen molar-refractivity contribution < 1.29 is 13.2 Å². The minimum absolute atomic E-state index is 0.0505. The summed E-state index contributed by atoms with van der Waals surface area (Å²) in [6.07, 6.45) is 0.742. The van der Waals surface area contributed by atoms with Crippen molar-refractivity contribution in [3.8, 4) is 0 Å². The van der Waals surface area contributed by atoms with Gasteiger partial charge >= 0.3 is 0 Å². The molecule has 0 fully saturated rings. The Morgan fingerprint density at radius 2 is 1.73 bits per heavy atom. The molecule has 1 amide bonds. The van der Waals surface area contributed by atoms with Crippen LogP contribution in [0.3, 0.4) is 0 Å². The van der Waals surface area contributed by atoms with Crippen molar-refractivity contribution in [2.75, 3.05) is 14.1 Å². The molecule has 3 aromatic rings. The van der Waals surface area contributed by atoms with Crippen molar-refractivity contribution >= 4 is 27.3 Å². The number of thiophene rings is 1. The van der Waals surface area contributed by atoms with Gasteiger partial charge in [-0.15, -0.1) is 11.3 Å². The predicted octanol–water partition coefficient (Wildman–Crippen LogP) is 4.27. The lowest BCUT2D eigenvalue weighted by molar-refractivity contribution is 0.0675. The Labute approximate surface area is 182 Å². The summed E-state index contributed by atoms with van der Waals surface area (Å²) in [4.78, 5) is 16.6. The molecule has 1 unspecified atom stereocenters. The first kappa shape index (κ1) is 22.2. The molecule has 0 radical (unpaired) electrons. The molecule has 0 N–H and O–H groups in total. The molecule has 1 atom stereocenters. The van der Waals surface area contributed by atoms with Crippen LogP contribution in [0, 0.1) is 0 Å². The molecule has 158 valence electrons. The van der Waals surface area contributed by atoms with Gasteiger partial charge in [0.1, 0.15) is 0 Å². The Morgan fingerprint density at radius 3 is 2.37 bits per heavy atom. The van der Waals surface area contributed by atoms with Gasteiger partial charge in [0.05, 0.1) is 4.90 Å². The first-order valence-corrected chi connectivity index (χ1v) is 12.0. The topological polar surface area (TPSA) is 57.7 Å². The largest absolute Gasteiger partial charge is 0.331 e. The van der Waals surface area contributed by atoms with Crippen molar-refractivity contribution in [1.29, 1.82) is 0 Å². The van der Waals surface area contributed by atoms with Gasteiger partial charge in [-0.25, -0.2) is 12.7 Å². The van der Waals surface area contributed by atoms with E-state index in [9.17, 15) is 13.2 Å². The lowest BCUT2D eigenvalue weighted by Crippen LogP contribution is -2.39. The fourth-order valence-corrected chi connectivity index (χ4v) is 4.98. The van der Waals surface area contributed by atoms with E-state index in [1.54, 1.807) is 23.5 Å². The van der Waals surface area contributed by atoms with E-state index in [-0.39, 0.29) is 16.8 Å². The smallest absolute Gasteiger partial charge is 0.254 e. The van der Waals surface area contributed by atoms with Gasteiger partial charge in [0.15, 0.2) is 0 Å². The first-order chi connectivity index (χ1) is 14.3. The van der Waals surface area contributed by atoms with Crippen molar-refractivity contribution in [2.45, 2.75) is 30.8 Å². The van der Waals surface area contributed by atoms with Crippen LogP contribution in [0.4, 0.5) is 0 Å². The van der Waals surface area contributed by atoms with E-state index in [1.807, 2.05) is 53.6 Å². The van der Waals surface area contributed by atoms with E-state index >= 15 is 0 Å². The minimum Gasteiger partial charge on any atom is -0.331 e.